The van der Waals surface area contributed by atoms with Crippen molar-refractivity contribution in [1.82, 2.24) is 5.48 Å². The van der Waals surface area contributed by atoms with Crippen LogP contribution in [0.25, 0.3) is 0 Å². The Morgan fingerprint density at radius 3 is 2.55 bits per heavy atom. The van der Waals surface area contributed by atoms with Gasteiger partial charge >= 0.3 is 0 Å². The molecule has 0 heterocycles. The number of halogens is 1. The predicted octanol–water partition coefficient (Wildman–Crippen LogP) is 1.32. The van der Waals surface area contributed by atoms with Gasteiger partial charge in [-0.25, -0.2) is 5.48 Å². The van der Waals surface area contributed by atoms with Crippen molar-refractivity contribution in [2.45, 2.75) is 20.8 Å². The molecule has 0 spiro atoms. The van der Waals surface area contributed by atoms with Crippen LogP contribution in [0.1, 0.15) is 20.8 Å². The summed E-state index contributed by atoms with van der Waals surface area (Å²) in [7, 11) is 0. The summed E-state index contributed by atoms with van der Waals surface area (Å²) in [4.78, 5) is 15.9. The van der Waals surface area contributed by atoms with Crippen LogP contribution in [0.3, 0.4) is 0 Å². The maximum atomic E-state index is 11.1. The van der Waals surface area contributed by atoms with Gasteiger partial charge < -0.3 is 0 Å². The Balaban J connectivity index is 3.82. The molecule has 3 nitrogen and oxygen atoms in total. The van der Waals surface area contributed by atoms with Gasteiger partial charge in [-0.15, -0.1) is 11.6 Å². The van der Waals surface area contributed by atoms with E-state index in [-0.39, 0.29) is 11.8 Å². The minimum absolute atomic E-state index is 0.186. The Morgan fingerprint density at radius 2 is 2.18 bits per heavy atom. The second kappa shape index (κ2) is 4.57. The molecule has 4 heteroatoms. The van der Waals surface area contributed by atoms with E-state index in [2.05, 4.69) is 5.48 Å². The topological polar surface area (TPSA) is 38.3 Å². The lowest BCUT2D eigenvalue weighted by atomic mass is 9.96. The van der Waals surface area contributed by atoms with E-state index in [1.165, 1.54) is 0 Å². The lowest BCUT2D eigenvalue weighted by Gasteiger charge is -2.19. The molecule has 0 saturated heterocycles. The van der Waals surface area contributed by atoms with E-state index in [9.17, 15) is 4.79 Å². The summed E-state index contributed by atoms with van der Waals surface area (Å²) in [5.41, 5.74) is 1.74. The van der Waals surface area contributed by atoms with Gasteiger partial charge in [0.15, 0.2) is 0 Å². The molecular formula is C7H14ClNO2. The number of amides is 1. The summed E-state index contributed by atoms with van der Waals surface area (Å²) in [5.74, 6) is 0.0979. The number of hydrogen-bond acceptors (Lipinski definition) is 2. The summed E-state index contributed by atoms with van der Waals surface area (Å²) in [6.07, 6.45) is 0. The number of hydroxylamine groups is 1. The highest BCUT2D eigenvalue weighted by Crippen LogP contribution is 2.16. The molecule has 0 bridgehead atoms. The first-order chi connectivity index (χ1) is 5.04. The van der Waals surface area contributed by atoms with E-state index in [0.29, 0.717) is 6.61 Å². The van der Waals surface area contributed by atoms with Crippen molar-refractivity contribution in [1.29, 1.82) is 0 Å². The first-order valence-electron chi connectivity index (χ1n) is 3.52. The molecule has 0 aromatic carbocycles. The molecule has 66 valence electrons. The van der Waals surface area contributed by atoms with Crippen molar-refractivity contribution in [3.05, 3.63) is 0 Å². The second-order valence-electron chi connectivity index (χ2n) is 2.88. The SMILES string of the molecule is CCONC(=O)C(C)(C)CCl. The average molecular weight is 180 g/mol. The van der Waals surface area contributed by atoms with Gasteiger partial charge in [-0.3, -0.25) is 9.63 Å². The number of hydrogen-bond donors (Lipinski definition) is 1. The smallest absolute Gasteiger partial charge is 0.250 e. The summed E-state index contributed by atoms with van der Waals surface area (Å²) in [6, 6.07) is 0. The average Bonchev–Trinajstić information content (AvgIpc) is 2.00. The minimum atomic E-state index is -0.559. The molecule has 0 rings (SSSR count). The van der Waals surface area contributed by atoms with E-state index in [1.807, 2.05) is 0 Å². The van der Waals surface area contributed by atoms with Crippen LogP contribution in [0.15, 0.2) is 0 Å². The zero-order chi connectivity index (χ0) is 8.91. The number of carbonyl (C=O) groups excluding carboxylic acids is 1. The third-order valence-corrected chi connectivity index (χ3v) is 1.93. The predicted molar refractivity (Wildman–Crippen MR) is 44.3 cm³/mol. The number of carbonyl (C=O) groups is 1. The highest BCUT2D eigenvalue weighted by molar-refractivity contribution is 6.19. The zero-order valence-electron chi connectivity index (χ0n) is 7.11. The van der Waals surface area contributed by atoms with Crippen LogP contribution >= 0.6 is 11.6 Å². The molecule has 1 N–H and O–H groups in total. The van der Waals surface area contributed by atoms with Crippen LogP contribution in [-0.2, 0) is 9.63 Å². The minimum Gasteiger partial charge on any atom is -0.274 e. The van der Waals surface area contributed by atoms with Gasteiger partial charge in [-0.1, -0.05) is 0 Å². The molecule has 0 aliphatic rings. The van der Waals surface area contributed by atoms with Crippen LogP contribution < -0.4 is 5.48 Å². The van der Waals surface area contributed by atoms with Crippen LogP contribution in [0.4, 0.5) is 0 Å². The van der Waals surface area contributed by atoms with Crippen LogP contribution in [-0.4, -0.2) is 18.4 Å². The Hall–Kier alpha value is -0.280. The quantitative estimate of drug-likeness (QED) is 0.522. The molecule has 0 radical (unpaired) electrons. The van der Waals surface area contributed by atoms with Gasteiger partial charge in [-0.05, 0) is 20.8 Å². The van der Waals surface area contributed by atoms with E-state index < -0.39 is 5.41 Å². The second-order valence-corrected chi connectivity index (χ2v) is 3.15. The number of rotatable bonds is 4. The van der Waals surface area contributed by atoms with Gasteiger partial charge in [0.05, 0.1) is 12.0 Å². The van der Waals surface area contributed by atoms with Crippen molar-refractivity contribution >= 4 is 17.5 Å². The highest BCUT2D eigenvalue weighted by Gasteiger charge is 2.26. The maximum Gasteiger partial charge on any atom is 0.250 e. The van der Waals surface area contributed by atoms with Crippen molar-refractivity contribution in [2.75, 3.05) is 12.5 Å². The maximum absolute atomic E-state index is 11.1. The largest absolute Gasteiger partial charge is 0.274 e. The van der Waals surface area contributed by atoms with Gasteiger partial charge in [0.25, 0.3) is 0 Å². The lowest BCUT2D eigenvalue weighted by Crippen LogP contribution is -2.38. The summed E-state index contributed by atoms with van der Waals surface area (Å²) in [5, 5.41) is 0. The molecule has 0 aliphatic carbocycles. The molecule has 0 saturated carbocycles. The van der Waals surface area contributed by atoms with Gasteiger partial charge in [0.1, 0.15) is 0 Å². The van der Waals surface area contributed by atoms with E-state index in [1.54, 1.807) is 20.8 Å². The van der Waals surface area contributed by atoms with Crippen LogP contribution in [0.2, 0.25) is 0 Å². The van der Waals surface area contributed by atoms with Crippen LogP contribution in [0.5, 0.6) is 0 Å². The molecule has 0 fully saturated rings. The Morgan fingerprint density at radius 1 is 1.64 bits per heavy atom. The van der Waals surface area contributed by atoms with E-state index >= 15 is 0 Å². The monoisotopic (exact) mass is 179 g/mol. The summed E-state index contributed by atoms with van der Waals surface area (Å²) >= 11 is 5.55. The first kappa shape index (κ1) is 10.7. The zero-order valence-corrected chi connectivity index (χ0v) is 7.86. The Bertz CT molecular complexity index is 136. The third kappa shape index (κ3) is 3.58. The molecule has 1 amide bonds. The lowest BCUT2D eigenvalue weighted by molar-refractivity contribution is -0.141. The van der Waals surface area contributed by atoms with Crippen molar-refractivity contribution in [3.63, 3.8) is 0 Å². The normalized spacial score (nSPS) is 11.3. The van der Waals surface area contributed by atoms with Crippen LogP contribution in [0, 0.1) is 5.41 Å². The molecule has 0 atom stereocenters. The fourth-order valence-corrected chi connectivity index (χ4v) is 0.458. The van der Waals surface area contributed by atoms with Crippen molar-refractivity contribution < 1.29 is 9.63 Å². The Labute approximate surface area is 72.0 Å². The first-order valence-corrected chi connectivity index (χ1v) is 4.06. The molecule has 0 aromatic rings. The summed E-state index contributed by atoms with van der Waals surface area (Å²) in [6.45, 7) is 5.78. The third-order valence-electron chi connectivity index (χ3n) is 1.26. The van der Waals surface area contributed by atoms with Crippen molar-refractivity contribution in [3.8, 4) is 0 Å². The van der Waals surface area contributed by atoms with Gasteiger partial charge in [0.2, 0.25) is 5.91 Å². The number of alkyl halides is 1. The number of nitrogens with one attached hydrogen (secondary N) is 1. The molecule has 0 aliphatic heterocycles. The fourth-order valence-electron chi connectivity index (χ4n) is 0.337. The highest BCUT2D eigenvalue weighted by atomic mass is 35.5. The van der Waals surface area contributed by atoms with E-state index in [0.717, 1.165) is 0 Å². The fraction of sp³-hybridized carbons (Fsp3) is 0.857. The van der Waals surface area contributed by atoms with Gasteiger partial charge in [-0.2, -0.15) is 0 Å². The summed E-state index contributed by atoms with van der Waals surface area (Å²) < 4.78 is 0. The van der Waals surface area contributed by atoms with E-state index in [4.69, 9.17) is 16.4 Å². The van der Waals surface area contributed by atoms with Gasteiger partial charge in [0, 0.05) is 5.88 Å². The molecule has 0 aromatic heterocycles. The molecule has 0 unspecified atom stereocenters. The van der Waals surface area contributed by atoms with Crippen molar-refractivity contribution in [2.24, 2.45) is 5.41 Å². The molecular weight excluding hydrogens is 166 g/mol. The standard InChI is InChI=1S/C7H14ClNO2/c1-4-11-9-6(10)7(2,3)5-8/h4-5H2,1-3H3,(H,9,10). The molecule has 11 heavy (non-hydrogen) atoms. The Kier molecular flexibility index (Phi) is 4.45.